The fraction of sp³-hybridized carbons (Fsp3) is 0.429. The maximum atomic E-state index is 12.5. The number of benzene rings is 1. The van der Waals surface area contributed by atoms with E-state index in [0.717, 1.165) is 0 Å². The van der Waals surface area contributed by atoms with E-state index in [0.29, 0.717) is 34.8 Å². The van der Waals surface area contributed by atoms with Crippen LogP contribution in [0, 0.1) is 0 Å². The van der Waals surface area contributed by atoms with E-state index in [4.69, 9.17) is 18.9 Å². The lowest BCUT2D eigenvalue weighted by Gasteiger charge is -2.32. The molecule has 0 atom stereocenters. The standard InChI is InChI=1S/C21H27NO6/c1-7-28-17-9-8-14(10-18(17)25-4)19-15(20(23)26-5)11-22(13(2)3)12-16(19)21(24)27-6/h8-13,19H,7H2,1-6H3. The van der Waals surface area contributed by atoms with Crippen LogP contribution in [0.2, 0.25) is 0 Å². The molecule has 0 spiro atoms. The van der Waals surface area contributed by atoms with Gasteiger partial charge in [-0.2, -0.15) is 0 Å². The largest absolute Gasteiger partial charge is 0.493 e. The molecule has 0 fully saturated rings. The summed E-state index contributed by atoms with van der Waals surface area (Å²) in [7, 11) is 4.17. The first-order valence-electron chi connectivity index (χ1n) is 9.06. The van der Waals surface area contributed by atoms with Crippen molar-refractivity contribution >= 4 is 11.9 Å². The number of carbonyl (C=O) groups excluding carboxylic acids is 2. The number of nitrogens with zero attached hydrogens (tertiary/aromatic N) is 1. The SMILES string of the molecule is CCOc1ccc(C2C(C(=O)OC)=CN(C(C)C)C=C2C(=O)OC)cc1OC. The lowest BCUT2D eigenvalue weighted by atomic mass is 9.83. The Bertz CT molecular complexity index is 762. The second-order valence-corrected chi connectivity index (χ2v) is 6.47. The second-order valence-electron chi connectivity index (χ2n) is 6.47. The van der Waals surface area contributed by atoms with Gasteiger partial charge in [0.2, 0.25) is 0 Å². The van der Waals surface area contributed by atoms with Gasteiger partial charge in [0.1, 0.15) is 0 Å². The molecule has 7 nitrogen and oxygen atoms in total. The topological polar surface area (TPSA) is 74.3 Å². The molecule has 2 rings (SSSR count). The molecule has 1 aromatic rings. The zero-order valence-corrected chi connectivity index (χ0v) is 17.1. The maximum absolute atomic E-state index is 12.5. The molecule has 0 bridgehead atoms. The van der Waals surface area contributed by atoms with Gasteiger partial charge in [0, 0.05) is 18.4 Å². The highest BCUT2D eigenvalue weighted by molar-refractivity contribution is 5.98. The van der Waals surface area contributed by atoms with Gasteiger partial charge in [-0.15, -0.1) is 0 Å². The van der Waals surface area contributed by atoms with Crippen molar-refractivity contribution in [3.8, 4) is 11.5 Å². The van der Waals surface area contributed by atoms with Crippen molar-refractivity contribution in [2.45, 2.75) is 32.7 Å². The molecule has 1 aromatic carbocycles. The Morgan fingerprint density at radius 1 is 1.00 bits per heavy atom. The molecule has 1 aliphatic rings. The van der Waals surface area contributed by atoms with E-state index in [1.54, 1.807) is 35.5 Å². The lowest BCUT2D eigenvalue weighted by Crippen LogP contribution is -2.31. The van der Waals surface area contributed by atoms with E-state index in [9.17, 15) is 9.59 Å². The van der Waals surface area contributed by atoms with Crippen molar-refractivity contribution < 1.29 is 28.5 Å². The van der Waals surface area contributed by atoms with Crippen LogP contribution < -0.4 is 9.47 Å². The predicted octanol–water partition coefficient (Wildman–Crippen LogP) is 3.02. The highest BCUT2D eigenvalue weighted by Crippen LogP contribution is 2.40. The number of esters is 2. The van der Waals surface area contributed by atoms with Gasteiger partial charge in [0.05, 0.1) is 45.0 Å². The molecule has 0 unspecified atom stereocenters. The van der Waals surface area contributed by atoms with E-state index in [1.807, 2.05) is 20.8 Å². The molecule has 0 amide bonds. The summed E-state index contributed by atoms with van der Waals surface area (Å²) >= 11 is 0. The molecular weight excluding hydrogens is 362 g/mol. The van der Waals surface area contributed by atoms with Crippen LogP contribution in [0.4, 0.5) is 0 Å². The van der Waals surface area contributed by atoms with Gasteiger partial charge in [0.15, 0.2) is 11.5 Å². The monoisotopic (exact) mass is 389 g/mol. The molecule has 28 heavy (non-hydrogen) atoms. The zero-order chi connectivity index (χ0) is 20.8. The van der Waals surface area contributed by atoms with Crippen LogP contribution >= 0.6 is 0 Å². The smallest absolute Gasteiger partial charge is 0.336 e. The summed E-state index contributed by atoms with van der Waals surface area (Å²) in [5, 5.41) is 0. The predicted molar refractivity (Wildman–Crippen MR) is 104 cm³/mol. The van der Waals surface area contributed by atoms with Crippen LogP contribution in [-0.2, 0) is 19.1 Å². The van der Waals surface area contributed by atoms with Crippen molar-refractivity contribution in [1.29, 1.82) is 0 Å². The molecule has 0 saturated heterocycles. The fourth-order valence-corrected chi connectivity index (χ4v) is 3.05. The summed E-state index contributed by atoms with van der Waals surface area (Å²) in [5.41, 5.74) is 1.37. The third-order valence-electron chi connectivity index (χ3n) is 4.46. The first-order chi connectivity index (χ1) is 13.4. The minimum absolute atomic E-state index is 0.0372. The highest BCUT2D eigenvalue weighted by Gasteiger charge is 2.36. The highest BCUT2D eigenvalue weighted by atomic mass is 16.5. The van der Waals surface area contributed by atoms with Crippen molar-refractivity contribution in [2.24, 2.45) is 0 Å². The Labute approximate surface area is 165 Å². The first kappa shape index (κ1) is 21.3. The minimum Gasteiger partial charge on any atom is -0.493 e. The van der Waals surface area contributed by atoms with Gasteiger partial charge in [-0.3, -0.25) is 0 Å². The third kappa shape index (κ3) is 4.30. The van der Waals surface area contributed by atoms with E-state index >= 15 is 0 Å². The number of carbonyl (C=O) groups is 2. The van der Waals surface area contributed by atoms with Crippen LogP contribution in [0.15, 0.2) is 41.7 Å². The first-order valence-corrected chi connectivity index (χ1v) is 9.06. The number of rotatable bonds is 7. The Kier molecular flexibility index (Phi) is 7.09. The Hall–Kier alpha value is -2.96. The molecule has 1 heterocycles. The van der Waals surface area contributed by atoms with Crippen LogP contribution in [-0.4, -0.2) is 50.8 Å². The molecule has 7 heteroatoms. The van der Waals surface area contributed by atoms with Crippen molar-refractivity contribution in [1.82, 2.24) is 4.90 Å². The van der Waals surface area contributed by atoms with E-state index < -0.39 is 17.9 Å². The van der Waals surface area contributed by atoms with E-state index in [-0.39, 0.29) is 6.04 Å². The van der Waals surface area contributed by atoms with E-state index in [2.05, 4.69) is 0 Å². The van der Waals surface area contributed by atoms with Gasteiger partial charge >= 0.3 is 11.9 Å². The van der Waals surface area contributed by atoms with Gasteiger partial charge in [0.25, 0.3) is 0 Å². The van der Waals surface area contributed by atoms with Crippen LogP contribution in [0.3, 0.4) is 0 Å². The average Bonchev–Trinajstić information content (AvgIpc) is 2.71. The second kappa shape index (κ2) is 9.30. The summed E-state index contributed by atoms with van der Waals surface area (Å²) in [4.78, 5) is 26.9. The average molecular weight is 389 g/mol. The Morgan fingerprint density at radius 3 is 2.00 bits per heavy atom. The molecule has 152 valence electrons. The minimum atomic E-state index is -0.653. The quantitative estimate of drug-likeness (QED) is 0.664. The number of ether oxygens (including phenoxy) is 4. The van der Waals surface area contributed by atoms with Gasteiger partial charge in [-0.25, -0.2) is 9.59 Å². The Balaban J connectivity index is 2.64. The molecular formula is C21H27NO6. The molecule has 0 radical (unpaired) electrons. The molecule has 1 aliphatic heterocycles. The normalized spacial score (nSPS) is 14.3. The van der Waals surface area contributed by atoms with Gasteiger partial charge in [-0.05, 0) is 38.5 Å². The van der Waals surface area contributed by atoms with E-state index in [1.165, 1.54) is 21.3 Å². The summed E-state index contributed by atoms with van der Waals surface area (Å²) in [6, 6.07) is 5.36. The summed E-state index contributed by atoms with van der Waals surface area (Å²) in [6.45, 7) is 6.28. The summed E-state index contributed by atoms with van der Waals surface area (Å²) in [5.74, 6) is -0.588. The number of methoxy groups -OCH3 is 3. The van der Waals surface area contributed by atoms with Gasteiger partial charge in [-0.1, -0.05) is 6.07 Å². The fourth-order valence-electron chi connectivity index (χ4n) is 3.05. The number of hydrogen-bond acceptors (Lipinski definition) is 7. The van der Waals surface area contributed by atoms with Crippen LogP contribution in [0.5, 0.6) is 11.5 Å². The third-order valence-corrected chi connectivity index (χ3v) is 4.46. The molecule has 0 N–H and O–H groups in total. The summed E-state index contributed by atoms with van der Waals surface area (Å²) in [6.07, 6.45) is 3.41. The van der Waals surface area contributed by atoms with Gasteiger partial charge < -0.3 is 23.8 Å². The molecule has 0 saturated carbocycles. The summed E-state index contributed by atoms with van der Waals surface area (Å²) < 4.78 is 21.0. The van der Waals surface area contributed by atoms with Crippen molar-refractivity contribution in [3.63, 3.8) is 0 Å². The van der Waals surface area contributed by atoms with Crippen LogP contribution in [0.1, 0.15) is 32.3 Å². The molecule has 0 aromatic heterocycles. The maximum Gasteiger partial charge on any atom is 0.336 e. The molecule has 0 aliphatic carbocycles. The Morgan fingerprint density at radius 2 is 1.57 bits per heavy atom. The van der Waals surface area contributed by atoms with Crippen molar-refractivity contribution in [3.05, 3.63) is 47.3 Å². The van der Waals surface area contributed by atoms with Crippen LogP contribution in [0.25, 0.3) is 0 Å². The zero-order valence-electron chi connectivity index (χ0n) is 17.1. The van der Waals surface area contributed by atoms with Crippen molar-refractivity contribution in [2.75, 3.05) is 27.9 Å². The lowest BCUT2D eigenvalue weighted by molar-refractivity contribution is -0.137. The number of hydrogen-bond donors (Lipinski definition) is 0.